The Balaban J connectivity index is 1.95. The van der Waals surface area contributed by atoms with Gasteiger partial charge in [0.2, 0.25) is 0 Å². The van der Waals surface area contributed by atoms with Gasteiger partial charge in [-0.2, -0.15) is 0 Å². The average Bonchev–Trinajstić information content (AvgIpc) is 2.45. The van der Waals surface area contributed by atoms with Crippen LogP contribution < -0.4 is 10.1 Å². The molecule has 1 saturated carbocycles. The molecule has 0 amide bonds. The predicted octanol–water partition coefficient (Wildman–Crippen LogP) is 3.93. The minimum Gasteiger partial charge on any atom is -0.493 e. The number of hydrogen-bond acceptors (Lipinski definition) is 2. The van der Waals surface area contributed by atoms with Crippen molar-refractivity contribution < 1.29 is 4.74 Å². The van der Waals surface area contributed by atoms with Gasteiger partial charge in [-0.15, -0.1) is 0 Å². The van der Waals surface area contributed by atoms with Crippen LogP contribution in [0.4, 0.5) is 0 Å². The summed E-state index contributed by atoms with van der Waals surface area (Å²) in [4.78, 5) is 0. The Hall–Kier alpha value is -1.02. The summed E-state index contributed by atoms with van der Waals surface area (Å²) in [7, 11) is 1.99. The molecule has 1 aliphatic rings. The van der Waals surface area contributed by atoms with Crippen molar-refractivity contribution in [3.05, 3.63) is 29.8 Å². The van der Waals surface area contributed by atoms with Crippen LogP contribution in [0.25, 0.3) is 0 Å². The molecule has 100 valence electrons. The summed E-state index contributed by atoms with van der Waals surface area (Å²) >= 11 is 0. The molecule has 2 heteroatoms. The van der Waals surface area contributed by atoms with E-state index >= 15 is 0 Å². The Morgan fingerprint density at radius 3 is 2.67 bits per heavy atom. The number of hydrogen-bond donors (Lipinski definition) is 1. The molecule has 1 aromatic carbocycles. The summed E-state index contributed by atoms with van der Waals surface area (Å²) in [5.41, 5.74) is 1.26. The van der Waals surface area contributed by atoms with Gasteiger partial charge in [-0.3, -0.25) is 0 Å². The van der Waals surface area contributed by atoms with Crippen LogP contribution in [0.1, 0.15) is 50.6 Å². The Labute approximate surface area is 111 Å². The first-order valence-corrected chi connectivity index (χ1v) is 7.20. The lowest BCUT2D eigenvalue weighted by molar-refractivity contribution is 0.206. The highest BCUT2D eigenvalue weighted by atomic mass is 16.5. The van der Waals surface area contributed by atoms with Gasteiger partial charge in [0.25, 0.3) is 0 Å². The molecule has 18 heavy (non-hydrogen) atoms. The summed E-state index contributed by atoms with van der Waals surface area (Å²) < 4.78 is 6.06. The van der Waals surface area contributed by atoms with E-state index in [9.17, 15) is 0 Å². The van der Waals surface area contributed by atoms with Crippen molar-refractivity contribution >= 4 is 0 Å². The van der Waals surface area contributed by atoms with Crippen LogP contribution in [0.3, 0.4) is 0 Å². The number of para-hydroxylation sites is 1. The number of ether oxygens (including phenoxy) is 1. The molecule has 0 aliphatic heterocycles. The first kappa shape index (κ1) is 13.4. The molecule has 0 heterocycles. The molecule has 1 aromatic rings. The second-order valence-corrected chi connectivity index (χ2v) is 5.36. The summed E-state index contributed by atoms with van der Waals surface area (Å²) in [5.74, 6) is 1.81. The molecule has 1 atom stereocenters. The van der Waals surface area contributed by atoms with Crippen LogP contribution >= 0.6 is 0 Å². The highest BCUT2D eigenvalue weighted by Crippen LogP contribution is 2.28. The van der Waals surface area contributed by atoms with Gasteiger partial charge >= 0.3 is 0 Å². The first-order valence-electron chi connectivity index (χ1n) is 7.20. The van der Waals surface area contributed by atoms with Crippen molar-refractivity contribution in [3.8, 4) is 5.75 Å². The molecule has 1 N–H and O–H groups in total. The second kappa shape index (κ2) is 6.79. The molecular formula is C16H25NO. The van der Waals surface area contributed by atoms with Gasteiger partial charge in [0, 0.05) is 11.6 Å². The van der Waals surface area contributed by atoms with Crippen molar-refractivity contribution in [2.45, 2.75) is 45.1 Å². The predicted molar refractivity (Wildman–Crippen MR) is 76.0 cm³/mol. The van der Waals surface area contributed by atoms with E-state index in [1.807, 2.05) is 7.05 Å². The van der Waals surface area contributed by atoms with Gasteiger partial charge < -0.3 is 10.1 Å². The van der Waals surface area contributed by atoms with E-state index in [1.165, 1.54) is 37.7 Å². The third-order valence-corrected chi connectivity index (χ3v) is 4.02. The number of rotatable bonds is 5. The fourth-order valence-electron chi connectivity index (χ4n) is 2.69. The summed E-state index contributed by atoms with van der Waals surface area (Å²) in [5, 5.41) is 3.28. The Bertz CT molecular complexity index is 358. The lowest BCUT2D eigenvalue weighted by atomic mass is 9.90. The van der Waals surface area contributed by atoms with Gasteiger partial charge in [0.15, 0.2) is 0 Å². The Morgan fingerprint density at radius 1 is 1.22 bits per heavy atom. The zero-order valence-corrected chi connectivity index (χ0v) is 11.6. The Morgan fingerprint density at radius 2 is 1.94 bits per heavy atom. The van der Waals surface area contributed by atoms with E-state index in [0.29, 0.717) is 6.04 Å². The van der Waals surface area contributed by atoms with E-state index in [2.05, 4.69) is 36.5 Å². The minimum atomic E-state index is 0.340. The van der Waals surface area contributed by atoms with Gasteiger partial charge in [-0.25, -0.2) is 0 Å². The molecule has 2 nitrogen and oxygen atoms in total. The number of benzene rings is 1. The molecule has 0 spiro atoms. The summed E-state index contributed by atoms with van der Waals surface area (Å²) in [6, 6.07) is 8.72. The number of nitrogens with one attached hydrogen (secondary N) is 1. The second-order valence-electron chi connectivity index (χ2n) is 5.36. The maximum absolute atomic E-state index is 6.06. The fourth-order valence-corrected chi connectivity index (χ4v) is 2.69. The van der Waals surface area contributed by atoms with Gasteiger partial charge in [0.1, 0.15) is 5.75 Å². The maximum atomic E-state index is 6.06. The van der Waals surface area contributed by atoms with Crippen LogP contribution in [-0.2, 0) is 0 Å². The highest BCUT2D eigenvalue weighted by molar-refractivity contribution is 5.35. The minimum absolute atomic E-state index is 0.340. The lowest BCUT2D eigenvalue weighted by Crippen LogP contribution is -2.18. The van der Waals surface area contributed by atoms with Crippen LogP contribution in [0.15, 0.2) is 24.3 Å². The van der Waals surface area contributed by atoms with Crippen LogP contribution in [0, 0.1) is 5.92 Å². The third kappa shape index (κ3) is 3.49. The Kier molecular flexibility index (Phi) is 5.06. The molecule has 1 aliphatic carbocycles. The molecular weight excluding hydrogens is 222 g/mol. The standard InChI is InChI=1S/C16H25NO/c1-13(17-2)15-10-6-7-11-16(15)18-12-14-8-4-3-5-9-14/h6-7,10-11,13-14,17H,3-5,8-9,12H2,1-2H3. The molecule has 0 bridgehead atoms. The smallest absolute Gasteiger partial charge is 0.124 e. The molecule has 1 fully saturated rings. The van der Waals surface area contributed by atoms with Crippen LogP contribution in [-0.4, -0.2) is 13.7 Å². The van der Waals surface area contributed by atoms with E-state index in [0.717, 1.165) is 18.3 Å². The molecule has 1 unspecified atom stereocenters. The molecule has 0 saturated heterocycles. The fraction of sp³-hybridized carbons (Fsp3) is 0.625. The largest absolute Gasteiger partial charge is 0.493 e. The molecule has 0 aromatic heterocycles. The van der Waals surface area contributed by atoms with Crippen molar-refractivity contribution in [1.82, 2.24) is 5.32 Å². The molecule has 0 radical (unpaired) electrons. The zero-order valence-electron chi connectivity index (χ0n) is 11.6. The van der Waals surface area contributed by atoms with Gasteiger partial charge in [0.05, 0.1) is 6.61 Å². The summed E-state index contributed by atoms with van der Waals surface area (Å²) in [6.45, 7) is 3.05. The van der Waals surface area contributed by atoms with Crippen LogP contribution in [0.5, 0.6) is 5.75 Å². The monoisotopic (exact) mass is 247 g/mol. The summed E-state index contributed by atoms with van der Waals surface area (Å²) in [6.07, 6.45) is 6.84. The molecule has 2 rings (SSSR count). The maximum Gasteiger partial charge on any atom is 0.124 e. The SMILES string of the molecule is CNC(C)c1ccccc1OCC1CCCCC1. The third-order valence-electron chi connectivity index (χ3n) is 4.02. The van der Waals surface area contributed by atoms with Crippen molar-refractivity contribution in [3.63, 3.8) is 0 Å². The topological polar surface area (TPSA) is 21.3 Å². The van der Waals surface area contributed by atoms with E-state index in [4.69, 9.17) is 4.74 Å². The van der Waals surface area contributed by atoms with Crippen molar-refractivity contribution in [2.24, 2.45) is 5.92 Å². The van der Waals surface area contributed by atoms with E-state index < -0.39 is 0 Å². The zero-order chi connectivity index (χ0) is 12.8. The van der Waals surface area contributed by atoms with Crippen LogP contribution in [0.2, 0.25) is 0 Å². The lowest BCUT2D eigenvalue weighted by Gasteiger charge is -2.23. The van der Waals surface area contributed by atoms with E-state index in [1.54, 1.807) is 0 Å². The van der Waals surface area contributed by atoms with Gasteiger partial charge in [-0.1, -0.05) is 37.5 Å². The highest BCUT2D eigenvalue weighted by Gasteiger charge is 2.15. The van der Waals surface area contributed by atoms with Gasteiger partial charge in [-0.05, 0) is 38.8 Å². The van der Waals surface area contributed by atoms with Crippen molar-refractivity contribution in [1.29, 1.82) is 0 Å². The average molecular weight is 247 g/mol. The normalized spacial score (nSPS) is 18.6. The van der Waals surface area contributed by atoms with Crippen molar-refractivity contribution in [2.75, 3.05) is 13.7 Å². The first-order chi connectivity index (χ1) is 8.81. The van der Waals surface area contributed by atoms with E-state index in [-0.39, 0.29) is 0 Å². The quantitative estimate of drug-likeness (QED) is 0.851.